The summed E-state index contributed by atoms with van der Waals surface area (Å²) in [7, 11) is -3.76. The van der Waals surface area contributed by atoms with Gasteiger partial charge in [0.05, 0.1) is 4.90 Å². The number of carbonyl (C=O) groups is 1. The number of nitrogens with zero attached hydrogens (tertiary/aromatic N) is 1. The zero-order chi connectivity index (χ0) is 20.1. The first-order chi connectivity index (χ1) is 13.4. The zero-order valence-corrected chi connectivity index (χ0v) is 16.5. The van der Waals surface area contributed by atoms with Gasteiger partial charge in [0, 0.05) is 30.2 Å². The minimum Gasteiger partial charge on any atom is -0.322 e. The summed E-state index contributed by atoms with van der Waals surface area (Å²) in [5.74, 6) is -0.363. The molecule has 28 heavy (non-hydrogen) atoms. The highest BCUT2D eigenvalue weighted by atomic mass is 32.2. The molecule has 2 aromatic carbocycles. The van der Waals surface area contributed by atoms with Gasteiger partial charge >= 0.3 is 0 Å². The van der Waals surface area contributed by atoms with Gasteiger partial charge in [-0.25, -0.2) is 13.1 Å². The molecule has 0 aliphatic heterocycles. The monoisotopic (exact) mass is 395 g/mol. The third-order valence-corrected chi connectivity index (χ3v) is 5.85. The Morgan fingerprint density at radius 3 is 2.57 bits per heavy atom. The molecule has 1 amide bonds. The van der Waals surface area contributed by atoms with Crippen LogP contribution in [0.15, 0.2) is 71.9 Å². The Balaban J connectivity index is 1.77. The second-order valence-electron chi connectivity index (χ2n) is 6.42. The molecule has 144 valence electrons. The van der Waals surface area contributed by atoms with Gasteiger partial charge in [-0.1, -0.05) is 24.3 Å². The van der Waals surface area contributed by atoms with Gasteiger partial charge in [0.1, 0.15) is 0 Å². The third kappa shape index (κ3) is 4.62. The lowest BCUT2D eigenvalue weighted by atomic mass is 10.1. The molecule has 0 unspecified atom stereocenters. The Morgan fingerprint density at radius 1 is 1.04 bits per heavy atom. The van der Waals surface area contributed by atoms with Crippen molar-refractivity contribution in [1.82, 2.24) is 9.71 Å². The van der Waals surface area contributed by atoms with E-state index in [1.165, 1.54) is 12.1 Å². The largest absolute Gasteiger partial charge is 0.322 e. The van der Waals surface area contributed by atoms with Crippen molar-refractivity contribution in [2.75, 3.05) is 5.32 Å². The molecule has 0 aliphatic rings. The number of carbonyl (C=O) groups excluding carboxylic acids is 1. The van der Waals surface area contributed by atoms with E-state index in [0.717, 1.165) is 16.7 Å². The fourth-order valence-electron chi connectivity index (χ4n) is 2.65. The smallest absolute Gasteiger partial charge is 0.255 e. The SMILES string of the molecule is Cc1cccc(NC(=O)c2cccc(S(=O)(=O)NCc3cccnc3)c2)c1C. The second kappa shape index (κ2) is 8.33. The van der Waals surface area contributed by atoms with Gasteiger partial charge in [0.25, 0.3) is 5.91 Å². The molecule has 0 fully saturated rings. The van der Waals surface area contributed by atoms with Crippen molar-refractivity contribution in [3.05, 3.63) is 89.2 Å². The van der Waals surface area contributed by atoms with Gasteiger partial charge in [0.2, 0.25) is 10.0 Å². The number of hydrogen-bond acceptors (Lipinski definition) is 4. The Kier molecular flexibility index (Phi) is 5.87. The number of rotatable bonds is 6. The number of aromatic nitrogens is 1. The van der Waals surface area contributed by atoms with Crippen LogP contribution in [0.2, 0.25) is 0 Å². The highest BCUT2D eigenvalue weighted by Gasteiger charge is 2.17. The molecule has 0 bridgehead atoms. The summed E-state index contributed by atoms with van der Waals surface area (Å²) in [6, 6.07) is 15.1. The number of anilines is 1. The van der Waals surface area contributed by atoms with Crippen LogP contribution in [-0.4, -0.2) is 19.3 Å². The fraction of sp³-hybridized carbons (Fsp3) is 0.143. The van der Waals surface area contributed by atoms with Crippen molar-refractivity contribution in [3.63, 3.8) is 0 Å². The molecule has 2 N–H and O–H groups in total. The quantitative estimate of drug-likeness (QED) is 0.669. The van der Waals surface area contributed by atoms with Crippen molar-refractivity contribution in [2.45, 2.75) is 25.3 Å². The standard InChI is InChI=1S/C21H21N3O3S/c1-15-6-3-10-20(16(15)2)24-21(25)18-8-4-9-19(12-18)28(26,27)23-14-17-7-5-11-22-13-17/h3-13,23H,14H2,1-2H3,(H,24,25). The van der Waals surface area contributed by atoms with E-state index in [4.69, 9.17) is 0 Å². The summed E-state index contributed by atoms with van der Waals surface area (Å²) in [6.45, 7) is 4.01. The maximum Gasteiger partial charge on any atom is 0.255 e. The number of benzene rings is 2. The summed E-state index contributed by atoms with van der Waals surface area (Å²) in [5.41, 5.74) is 3.75. The van der Waals surface area contributed by atoms with Crippen molar-refractivity contribution in [1.29, 1.82) is 0 Å². The minimum absolute atomic E-state index is 0.0324. The molecule has 0 atom stereocenters. The fourth-order valence-corrected chi connectivity index (χ4v) is 3.71. The topological polar surface area (TPSA) is 88.2 Å². The number of amides is 1. The van der Waals surface area contributed by atoms with Crippen LogP contribution in [-0.2, 0) is 16.6 Å². The third-order valence-electron chi connectivity index (χ3n) is 4.45. The van der Waals surface area contributed by atoms with Crippen molar-refractivity contribution in [3.8, 4) is 0 Å². The van der Waals surface area contributed by atoms with E-state index in [1.54, 1.807) is 36.7 Å². The molecule has 3 rings (SSSR count). The summed E-state index contributed by atoms with van der Waals surface area (Å²) < 4.78 is 27.7. The molecular weight excluding hydrogens is 374 g/mol. The first-order valence-corrected chi connectivity index (χ1v) is 10.2. The molecule has 0 saturated carbocycles. The predicted octanol–water partition coefficient (Wildman–Crippen LogP) is 3.43. The molecule has 7 heteroatoms. The molecule has 0 spiro atoms. The lowest BCUT2D eigenvalue weighted by Gasteiger charge is -2.11. The number of pyridine rings is 1. The van der Waals surface area contributed by atoms with E-state index < -0.39 is 10.0 Å². The molecular formula is C21H21N3O3S. The van der Waals surface area contributed by atoms with Crippen molar-refractivity contribution in [2.24, 2.45) is 0 Å². The number of hydrogen-bond donors (Lipinski definition) is 2. The molecule has 1 heterocycles. The van der Waals surface area contributed by atoms with Gasteiger partial charge in [-0.15, -0.1) is 0 Å². The molecule has 0 aliphatic carbocycles. The Hall–Kier alpha value is -3.03. The lowest BCUT2D eigenvalue weighted by molar-refractivity contribution is 0.102. The lowest BCUT2D eigenvalue weighted by Crippen LogP contribution is -2.24. The number of aryl methyl sites for hydroxylation is 1. The van der Waals surface area contributed by atoms with E-state index in [2.05, 4.69) is 15.0 Å². The average Bonchev–Trinajstić information content (AvgIpc) is 2.71. The van der Waals surface area contributed by atoms with Gasteiger partial charge in [-0.2, -0.15) is 0 Å². The summed E-state index contributed by atoms with van der Waals surface area (Å²) in [4.78, 5) is 16.6. The van der Waals surface area contributed by atoms with Crippen LogP contribution in [0, 0.1) is 13.8 Å². The van der Waals surface area contributed by atoms with Crippen LogP contribution >= 0.6 is 0 Å². The normalized spacial score (nSPS) is 11.2. The molecule has 3 aromatic rings. The number of sulfonamides is 1. The van der Waals surface area contributed by atoms with Crippen molar-refractivity contribution < 1.29 is 13.2 Å². The predicted molar refractivity (Wildman–Crippen MR) is 109 cm³/mol. The molecule has 0 saturated heterocycles. The summed E-state index contributed by atoms with van der Waals surface area (Å²) in [6.07, 6.45) is 3.21. The number of nitrogens with one attached hydrogen (secondary N) is 2. The van der Waals surface area contributed by atoms with Gasteiger partial charge < -0.3 is 5.32 Å². The van der Waals surface area contributed by atoms with E-state index in [0.29, 0.717) is 5.69 Å². The van der Waals surface area contributed by atoms with Crippen molar-refractivity contribution >= 4 is 21.6 Å². The second-order valence-corrected chi connectivity index (χ2v) is 8.18. The van der Waals surface area contributed by atoms with E-state index >= 15 is 0 Å². The Labute approximate surface area is 164 Å². The zero-order valence-electron chi connectivity index (χ0n) is 15.6. The van der Waals surface area contributed by atoms with Gasteiger partial charge in [-0.05, 0) is 60.9 Å². The van der Waals surface area contributed by atoms with Crippen LogP contribution in [0.5, 0.6) is 0 Å². The summed E-state index contributed by atoms with van der Waals surface area (Å²) >= 11 is 0. The molecule has 6 nitrogen and oxygen atoms in total. The molecule has 1 aromatic heterocycles. The van der Waals surface area contributed by atoms with Crippen LogP contribution < -0.4 is 10.0 Å². The Bertz CT molecular complexity index is 1100. The minimum atomic E-state index is -3.76. The maximum absolute atomic E-state index is 12.6. The summed E-state index contributed by atoms with van der Waals surface area (Å²) in [5, 5.41) is 2.84. The van der Waals surface area contributed by atoms with Crippen LogP contribution in [0.25, 0.3) is 0 Å². The van der Waals surface area contributed by atoms with E-state index in [9.17, 15) is 13.2 Å². The van der Waals surface area contributed by atoms with Gasteiger partial charge in [0.15, 0.2) is 0 Å². The average molecular weight is 395 g/mol. The highest BCUT2D eigenvalue weighted by molar-refractivity contribution is 7.89. The first kappa shape index (κ1) is 19.7. The highest BCUT2D eigenvalue weighted by Crippen LogP contribution is 2.20. The molecule has 0 radical (unpaired) electrons. The van der Waals surface area contributed by atoms with E-state index in [-0.39, 0.29) is 22.9 Å². The Morgan fingerprint density at radius 2 is 1.82 bits per heavy atom. The van der Waals surface area contributed by atoms with Crippen LogP contribution in [0.1, 0.15) is 27.0 Å². The maximum atomic E-state index is 12.6. The van der Waals surface area contributed by atoms with Crippen LogP contribution in [0.3, 0.4) is 0 Å². The first-order valence-electron chi connectivity index (χ1n) is 8.73. The van der Waals surface area contributed by atoms with Crippen LogP contribution in [0.4, 0.5) is 5.69 Å². The van der Waals surface area contributed by atoms with E-state index in [1.807, 2.05) is 32.0 Å². The van der Waals surface area contributed by atoms with Gasteiger partial charge in [-0.3, -0.25) is 9.78 Å².